The summed E-state index contributed by atoms with van der Waals surface area (Å²) in [6, 6.07) is 1.20. The molecule has 1 amide bonds. The van der Waals surface area contributed by atoms with Crippen LogP contribution < -0.4 is 11.5 Å². The zero-order valence-corrected chi connectivity index (χ0v) is 11.3. The van der Waals surface area contributed by atoms with Gasteiger partial charge < -0.3 is 11.5 Å². The minimum absolute atomic E-state index is 0.121. The third-order valence-corrected chi connectivity index (χ3v) is 6.15. The summed E-state index contributed by atoms with van der Waals surface area (Å²) in [7, 11) is -3.54. The Morgan fingerprint density at radius 3 is 2.78 bits per heavy atom. The Labute approximate surface area is 110 Å². The maximum absolute atomic E-state index is 12.3. The zero-order chi connectivity index (χ0) is 13.3. The minimum atomic E-state index is -3.54. The predicted octanol–water partition coefficient (Wildman–Crippen LogP) is -0.0412. The van der Waals surface area contributed by atoms with Gasteiger partial charge in [0, 0.05) is 24.5 Å². The van der Waals surface area contributed by atoms with Crippen molar-refractivity contribution in [3.8, 4) is 0 Å². The van der Waals surface area contributed by atoms with Gasteiger partial charge in [-0.2, -0.15) is 4.31 Å². The number of hydrogen-bond donors (Lipinski definition) is 2. The van der Waals surface area contributed by atoms with Gasteiger partial charge in [0.05, 0.1) is 5.56 Å². The number of piperidine rings is 1. The molecular weight excluding hydrogens is 274 g/mol. The summed E-state index contributed by atoms with van der Waals surface area (Å²) >= 11 is 1.01. The second-order valence-corrected chi connectivity index (χ2v) is 7.36. The molecule has 6 nitrogen and oxygen atoms in total. The van der Waals surface area contributed by atoms with Crippen LogP contribution in [0.5, 0.6) is 0 Å². The molecule has 18 heavy (non-hydrogen) atoms. The molecule has 1 fully saturated rings. The van der Waals surface area contributed by atoms with Crippen LogP contribution in [0, 0.1) is 0 Å². The lowest BCUT2D eigenvalue weighted by Crippen LogP contribution is -2.45. The van der Waals surface area contributed by atoms with E-state index in [9.17, 15) is 13.2 Å². The normalized spacial score (nSPS) is 21.9. The van der Waals surface area contributed by atoms with Gasteiger partial charge in [-0.3, -0.25) is 4.79 Å². The number of nitrogens with two attached hydrogens (primary N) is 2. The quantitative estimate of drug-likeness (QED) is 0.814. The van der Waals surface area contributed by atoms with Crippen molar-refractivity contribution in [3.63, 3.8) is 0 Å². The highest BCUT2D eigenvalue weighted by molar-refractivity contribution is 7.91. The third-order valence-electron chi connectivity index (χ3n) is 2.87. The number of sulfonamides is 1. The van der Waals surface area contributed by atoms with Crippen LogP contribution in [0.25, 0.3) is 0 Å². The fourth-order valence-electron chi connectivity index (χ4n) is 1.90. The van der Waals surface area contributed by atoms with Crippen molar-refractivity contribution in [2.24, 2.45) is 11.5 Å². The summed E-state index contributed by atoms with van der Waals surface area (Å²) < 4.78 is 26.1. The van der Waals surface area contributed by atoms with Crippen molar-refractivity contribution in [2.75, 3.05) is 13.1 Å². The molecule has 1 aliphatic heterocycles. The van der Waals surface area contributed by atoms with Crippen LogP contribution in [0.3, 0.4) is 0 Å². The summed E-state index contributed by atoms with van der Waals surface area (Å²) in [6.07, 6.45) is 1.59. The van der Waals surface area contributed by atoms with Crippen LogP contribution in [-0.4, -0.2) is 37.8 Å². The van der Waals surface area contributed by atoms with E-state index in [4.69, 9.17) is 11.5 Å². The highest BCUT2D eigenvalue weighted by atomic mass is 32.2. The smallest absolute Gasteiger partial charge is 0.252 e. The molecule has 1 aromatic heterocycles. The molecule has 8 heteroatoms. The van der Waals surface area contributed by atoms with Crippen LogP contribution in [-0.2, 0) is 10.0 Å². The molecule has 100 valence electrons. The average molecular weight is 289 g/mol. The highest BCUT2D eigenvalue weighted by Gasteiger charge is 2.30. The first-order valence-corrected chi connectivity index (χ1v) is 7.87. The SMILES string of the molecule is NC(=O)c1csc(S(=O)(=O)N2CCC[C@@H](N)C2)c1. The molecular formula is C10H15N3O3S2. The third kappa shape index (κ3) is 2.56. The van der Waals surface area contributed by atoms with Crippen molar-refractivity contribution < 1.29 is 13.2 Å². The summed E-state index contributed by atoms with van der Waals surface area (Å²) in [4.78, 5) is 11.0. The standard InChI is InChI=1S/C10H15N3O3S2/c11-8-2-1-3-13(5-8)18(15,16)9-4-7(6-17-9)10(12)14/h4,6,8H,1-3,5,11H2,(H2,12,14)/t8-/m1/s1. The van der Waals surface area contributed by atoms with Crippen LogP contribution in [0.2, 0.25) is 0 Å². The predicted molar refractivity (Wildman–Crippen MR) is 68.8 cm³/mol. The molecule has 4 N–H and O–H groups in total. The number of carbonyl (C=O) groups is 1. The van der Waals surface area contributed by atoms with E-state index in [0.717, 1.165) is 24.2 Å². The van der Waals surface area contributed by atoms with Crippen LogP contribution >= 0.6 is 11.3 Å². The van der Waals surface area contributed by atoms with E-state index >= 15 is 0 Å². The molecule has 0 radical (unpaired) electrons. The number of nitrogens with zero attached hydrogens (tertiary/aromatic N) is 1. The zero-order valence-electron chi connectivity index (χ0n) is 9.70. The van der Waals surface area contributed by atoms with Crippen molar-refractivity contribution in [1.82, 2.24) is 4.31 Å². The maximum Gasteiger partial charge on any atom is 0.252 e. The van der Waals surface area contributed by atoms with Crippen molar-refractivity contribution in [1.29, 1.82) is 0 Å². The summed E-state index contributed by atoms with van der Waals surface area (Å²) in [5.41, 5.74) is 11.1. The molecule has 0 spiro atoms. The molecule has 0 saturated carbocycles. The summed E-state index contributed by atoms with van der Waals surface area (Å²) in [6.45, 7) is 0.798. The summed E-state index contributed by atoms with van der Waals surface area (Å²) in [5, 5.41) is 1.46. The van der Waals surface area contributed by atoms with E-state index in [-0.39, 0.29) is 15.8 Å². The van der Waals surface area contributed by atoms with Crippen molar-refractivity contribution in [2.45, 2.75) is 23.1 Å². The van der Waals surface area contributed by atoms with Gasteiger partial charge in [-0.05, 0) is 18.9 Å². The van der Waals surface area contributed by atoms with E-state index in [1.807, 2.05) is 0 Å². The Morgan fingerprint density at radius 2 is 2.22 bits per heavy atom. The van der Waals surface area contributed by atoms with Gasteiger partial charge in [-0.15, -0.1) is 11.3 Å². The van der Waals surface area contributed by atoms with Crippen LogP contribution in [0.4, 0.5) is 0 Å². The Kier molecular flexibility index (Phi) is 3.71. The fourth-order valence-corrected chi connectivity index (χ4v) is 4.76. The first-order chi connectivity index (χ1) is 8.41. The number of primary amides is 1. The first-order valence-electron chi connectivity index (χ1n) is 5.55. The largest absolute Gasteiger partial charge is 0.366 e. The monoisotopic (exact) mass is 289 g/mol. The molecule has 2 heterocycles. The lowest BCUT2D eigenvalue weighted by atomic mass is 10.1. The Morgan fingerprint density at radius 1 is 1.50 bits per heavy atom. The van der Waals surface area contributed by atoms with Gasteiger partial charge in [0.25, 0.3) is 10.0 Å². The second kappa shape index (κ2) is 4.96. The number of carbonyl (C=O) groups excluding carboxylic acids is 1. The number of thiophene rings is 1. The molecule has 1 saturated heterocycles. The van der Waals surface area contributed by atoms with Gasteiger partial charge in [0.2, 0.25) is 5.91 Å². The van der Waals surface area contributed by atoms with Gasteiger partial charge >= 0.3 is 0 Å². The van der Waals surface area contributed by atoms with E-state index in [1.54, 1.807) is 0 Å². The van der Waals surface area contributed by atoms with E-state index in [0.29, 0.717) is 13.1 Å². The molecule has 0 bridgehead atoms. The number of rotatable bonds is 3. The Bertz CT molecular complexity index is 552. The van der Waals surface area contributed by atoms with E-state index < -0.39 is 15.9 Å². The molecule has 0 unspecified atom stereocenters. The van der Waals surface area contributed by atoms with Gasteiger partial charge in [0.15, 0.2) is 0 Å². The first kappa shape index (κ1) is 13.5. The fraction of sp³-hybridized carbons (Fsp3) is 0.500. The summed E-state index contributed by atoms with van der Waals surface area (Å²) in [5.74, 6) is -0.622. The van der Waals surface area contributed by atoms with Crippen molar-refractivity contribution >= 4 is 27.3 Å². The van der Waals surface area contributed by atoms with Crippen LogP contribution in [0.15, 0.2) is 15.7 Å². The highest BCUT2D eigenvalue weighted by Crippen LogP contribution is 2.25. The van der Waals surface area contributed by atoms with Crippen molar-refractivity contribution in [3.05, 3.63) is 17.0 Å². The Balaban J connectivity index is 2.26. The Hall–Kier alpha value is -0.960. The van der Waals surface area contributed by atoms with Gasteiger partial charge in [-0.1, -0.05) is 0 Å². The second-order valence-electron chi connectivity index (χ2n) is 4.28. The van der Waals surface area contributed by atoms with E-state index in [2.05, 4.69) is 0 Å². The lowest BCUT2D eigenvalue weighted by Gasteiger charge is -2.29. The molecule has 1 aromatic rings. The lowest BCUT2D eigenvalue weighted by molar-refractivity contribution is 0.100. The molecule has 0 aliphatic carbocycles. The topological polar surface area (TPSA) is 106 Å². The van der Waals surface area contributed by atoms with E-state index in [1.165, 1.54) is 15.8 Å². The minimum Gasteiger partial charge on any atom is -0.366 e. The molecule has 0 aromatic carbocycles. The average Bonchev–Trinajstić information content (AvgIpc) is 2.79. The van der Waals surface area contributed by atoms with Gasteiger partial charge in [0.1, 0.15) is 4.21 Å². The molecule has 1 aliphatic rings. The molecule has 1 atom stereocenters. The van der Waals surface area contributed by atoms with Crippen LogP contribution in [0.1, 0.15) is 23.2 Å². The van der Waals surface area contributed by atoms with Gasteiger partial charge in [-0.25, -0.2) is 8.42 Å². The molecule has 2 rings (SSSR count). The number of hydrogen-bond acceptors (Lipinski definition) is 5. The number of amides is 1. The maximum atomic E-state index is 12.3.